The molecule has 0 spiro atoms. The molecule has 0 aliphatic heterocycles. The van der Waals surface area contributed by atoms with Gasteiger partial charge >= 0.3 is 0 Å². The average molecular weight is 306 g/mol. The highest BCUT2D eigenvalue weighted by molar-refractivity contribution is 6.31. The van der Waals surface area contributed by atoms with Crippen molar-refractivity contribution in [3.8, 4) is 0 Å². The maximum atomic E-state index is 13.7. The lowest BCUT2D eigenvalue weighted by Gasteiger charge is -2.18. The normalized spacial score (nSPS) is 12.0. The Bertz CT molecular complexity index is 640. The van der Waals surface area contributed by atoms with Crippen LogP contribution in [0.25, 0.3) is 0 Å². The SMILES string of the molecule is CC[C@H](NC(=O)c1cc(Cl)ccc1F)c1ccc(C)cc1. The van der Waals surface area contributed by atoms with Gasteiger partial charge in [0.15, 0.2) is 0 Å². The van der Waals surface area contributed by atoms with Crippen LogP contribution >= 0.6 is 11.6 Å². The lowest BCUT2D eigenvalue weighted by atomic mass is 10.0. The molecule has 0 bridgehead atoms. The summed E-state index contributed by atoms with van der Waals surface area (Å²) in [5, 5.41) is 3.19. The van der Waals surface area contributed by atoms with Gasteiger partial charge in [-0.1, -0.05) is 48.4 Å². The molecule has 4 heteroatoms. The van der Waals surface area contributed by atoms with Crippen LogP contribution in [0.2, 0.25) is 5.02 Å². The van der Waals surface area contributed by atoms with E-state index in [0.29, 0.717) is 5.02 Å². The van der Waals surface area contributed by atoms with Gasteiger partial charge in [-0.05, 0) is 37.1 Å². The van der Waals surface area contributed by atoms with E-state index in [4.69, 9.17) is 11.6 Å². The Hall–Kier alpha value is -1.87. The summed E-state index contributed by atoms with van der Waals surface area (Å²) in [5.74, 6) is -1.03. The molecule has 2 aromatic rings. The Balaban J connectivity index is 2.20. The Labute approximate surface area is 128 Å². The molecule has 1 amide bonds. The molecular weight excluding hydrogens is 289 g/mol. The molecule has 0 aromatic heterocycles. The lowest BCUT2D eigenvalue weighted by molar-refractivity contribution is 0.0931. The van der Waals surface area contributed by atoms with Gasteiger partial charge < -0.3 is 5.32 Å². The topological polar surface area (TPSA) is 29.1 Å². The molecule has 0 aliphatic rings. The van der Waals surface area contributed by atoms with Crippen molar-refractivity contribution in [3.63, 3.8) is 0 Å². The Morgan fingerprint density at radius 1 is 1.24 bits per heavy atom. The largest absolute Gasteiger partial charge is 0.345 e. The molecule has 21 heavy (non-hydrogen) atoms. The molecule has 2 rings (SSSR count). The fraction of sp³-hybridized carbons (Fsp3) is 0.235. The standard InChI is InChI=1S/C17H17ClFNO/c1-3-16(12-6-4-11(2)5-7-12)20-17(21)14-10-13(18)8-9-15(14)19/h4-10,16H,3H2,1-2H3,(H,20,21)/t16-/m0/s1. The van der Waals surface area contributed by atoms with E-state index >= 15 is 0 Å². The minimum absolute atomic E-state index is 0.0342. The van der Waals surface area contributed by atoms with Gasteiger partial charge in [-0.25, -0.2) is 4.39 Å². The third-order valence-corrected chi connectivity index (χ3v) is 3.60. The van der Waals surface area contributed by atoms with Crippen LogP contribution in [-0.2, 0) is 0 Å². The fourth-order valence-electron chi connectivity index (χ4n) is 2.13. The van der Waals surface area contributed by atoms with E-state index in [1.54, 1.807) is 0 Å². The van der Waals surface area contributed by atoms with Crippen LogP contribution in [0.3, 0.4) is 0 Å². The molecule has 0 radical (unpaired) electrons. The van der Waals surface area contributed by atoms with Gasteiger partial charge in [0.2, 0.25) is 0 Å². The van der Waals surface area contributed by atoms with Crippen LogP contribution in [0.1, 0.15) is 40.9 Å². The van der Waals surface area contributed by atoms with E-state index in [1.165, 1.54) is 18.2 Å². The predicted octanol–water partition coefficient (Wildman–Crippen LogP) is 4.67. The van der Waals surface area contributed by atoms with Crippen LogP contribution in [0.5, 0.6) is 0 Å². The first-order valence-electron chi connectivity index (χ1n) is 6.83. The van der Waals surface area contributed by atoms with Crippen molar-refractivity contribution in [2.24, 2.45) is 0 Å². The molecule has 0 fully saturated rings. The smallest absolute Gasteiger partial charge is 0.254 e. The number of rotatable bonds is 4. The number of benzene rings is 2. The molecule has 0 unspecified atom stereocenters. The van der Waals surface area contributed by atoms with Gasteiger partial charge in [0.25, 0.3) is 5.91 Å². The highest BCUT2D eigenvalue weighted by Crippen LogP contribution is 2.20. The number of amides is 1. The molecule has 2 nitrogen and oxygen atoms in total. The summed E-state index contributed by atoms with van der Waals surface area (Å²) in [7, 11) is 0. The van der Waals surface area contributed by atoms with Crippen LogP contribution in [0, 0.1) is 12.7 Å². The van der Waals surface area contributed by atoms with E-state index in [9.17, 15) is 9.18 Å². The van der Waals surface area contributed by atoms with E-state index in [2.05, 4.69) is 5.32 Å². The number of halogens is 2. The minimum Gasteiger partial charge on any atom is -0.345 e. The molecule has 0 heterocycles. The molecular formula is C17H17ClFNO. The molecule has 0 saturated heterocycles. The maximum Gasteiger partial charge on any atom is 0.254 e. The van der Waals surface area contributed by atoms with E-state index in [0.717, 1.165) is 17.5 Å². The minimum atomic E-state index is -0.573. The van der Waals surface area contributed by atoms with Crippen molar-refractivity contribution in [2.45, 2.75) is 26.3 Å². The second kappa shape index (κ2) is 6.72. The zero-order valence-electron chi connectivity index (χ0n) is 12.0. The molecule has 1 atom stereocenters. The summed E-state index contributed by atoms with van der Waals surface area (Å²) < 4.78 is 13.7. The van der Waals surface area contributed by atoms with E-state index in [1.807, 2.05) is 38.1 Å². The molecule has 2 aromatic carbocycles. The quantitative estimate of drug-likeness (QED) is 0.874. The van der Waals surface area contributed by atoms with Gasteiger partial charge in [-0.3, -0.25) is 4.79 Å². The van der Waals surface area contributed by atoms with E-state index in [-0.39, 0.29) is 11.6 Å². The molecule has 0 saturated carbocycles. The lowest BCUT2D eigenvalue weighted by Crippen LogP contribution is -2.28. The number of carbonyl (C=O) groups excluding carboxylic acids is 1. The van der Waals surface area contributed by atoms with Crippen LogP contribution < -0.4 is 5.32 Å². The summed E-state index contributed by atoms with van der Waals surface area (Å²) in [4.78, 5) is 12.2. The highest BCUT2D eigenvalue weighted by Gasteiger charge is 2.17. The first-order chi connectivity index (χ1) is 10.0. The van der Waals surface area contributed by atoms with Gasteiger partial charge in [-0.2, -0.15) is 0 Å². The predicted molar refractivity (Wildman–Crippen MR) is 83.1 cm³/mol. The number of hydrogen-bond acceptors (Lipinski definition) is 1. The summed E-state index contributed by atoms with van der Waals surface area (Å²) in [6.45, 7) is 3.98. The van der Waals surface area contributed by atoms with Gasteiger partial charge in [0.1, 0.15) is 5.82 Å². The van der Waals surface area contributed by atoms with Crippen LogP contribution in [-0.4, -0.2) is 5.91 Å². The van der Waals surface area contributed by atoms with Gasteiger partial charge in [-0.15, -0.1) is 0 Å². The molecule has 0 aliphatic carbocycles. The van der Waals surface area contributed by atoms with Crippen molar-refractivity contribution >= 4 is 17.5 Å². The number of nitrogens with one attached hydrogen (secondary N) is 1. The summed E-state index contributed by atoms with van der Waals surface area (Å²) in [6, 6.07) is 11.7. The highest BCUT2D eigenvalue weighted by atomic mass is 35.5. The number of carbonyl (C=O) groups is 1. The number of hydrogen-bond donors (Lipinski definition) is 1. The van der Waals surface area contributed by atoms with Crippen LogP contribution in [0.15, 0.2) is 42.5 Å². The third kappa shape index (κ3) is 3.82. The zero-order chi connectivity index (χ0) is 15.4. The Kier molecular flexibility index (Phi) is 4.97. The van der Waals surface area contributed by atoms with Crippen molar-refractivity contribution in [1.82, 2.24) is 5.32 Å². The molecule has 110 valence electrons. The Morgan fingerprint density at radius 3 is 2.52 bits per heavy atom. The van der Waals surface area contributed by atoms with Crippen molar-refractivity contribution < 1.29 is 9.18 Å². The maximum absolute atomic E-state index is 13.7. The Morgan fingerprint density at radius 2 is 1.90 bits per heavy atom. The summed E-state index contributed by atoms with van der Waals surface area (Å²) in [5.41, 5.74) is 2.12. The van der Waals surface area contributed by atoms with Gasteiger partial charge in [0.05, 0.1) is 11.6 Å². The summed E-state index contributed by atoms with van der Waals surface area (Å²) in [6.07, 6.45) is 0.719. The third-order valence-electron chi connectivity index (χ3n) is 3.37. The fourth-order valence-corrected chi connectivity index (χ4v) is 2.30. The average Bonchev–Trinajstić information content (AvgIpc) is 2.48. The molecule has 1 N–H and O–H groups in total. The van der Waals surface area contributed by atoms with E-state index < -0.39 is 11.7 Å². The summed E-state index contributed by atoms with van der Waals surface area (Å²) >= 11 is 5.82. The second-order valence-electron chi connectivity index (χ2n) is 4.97. The van der Waals surface area contributed by atoms with Crippen molar-refractivity contribution in [2.75, 3.05) is 0 Å². The van der Waals surface area contributed by atoms with Crippen molar-refractivity contribution in [1.29, 1.82) is 0 Å². The first kappa shape index (κ1) is 15.5. The second-order valence-corrected chi connectivity index (χ2v) is 5.41. The first-order valence-corrected chi connectivity index (χ1v) is 7.21. The van der Waals surface area contributed by atoms with Crippen LogP contribution in [0.4, 0.5) is 4.39 Å². The monoisotopic (exact) mass is 305 g/mol. The zero-order valence-corrected chi connectivity index (χ0v) is 12.7. The van der Waals surface area contributed by atoms with Crippen molar-refractivity contribution in [3.05, 3.63) is 70.0 Å². The number of aryl methyl sites for hydroxylation is 1. The van der Waals surface area contributed by atoms with Gasteiger partial charge in [0, 0.05) is 5.02 Å².